The van der Waals surface area contributed by atoms with Gasteiger partial charge in [0.25, 0.3) is 0 Å². The van der Waals surface area contributed by atoms with Crippen LogP contribution in [0.5, 0.6) is 0 Å². The minimum Gasteiger partial charge on any atom is -0.377 e. The molecule has 2 fully saturated rings. The van der Waals surface area contributed by atoms with Gasteiger partial charge in [0.15, 0.2) is 9.84 Å². The molecular weight excluding hydrogens is 240 g/mol. The van der Waals surface area contributed by atoms with E-state index in [9.17, 15) is 8.42 Å². The summed E-state index contributed by atoms with van der Waals surface area (Å²) in [7, 11) is -2.93. The number of likely N-dealkylation sites (tertiary alicyclic amines) is 1. The monoisotopic (exact) mass is 262 g/mol. The number of nitrogens with two attached hydrogens (primary N) is 1. The van der Waals surface area contributed by atoms with E-state index in [1.54, 1.807) is 0 Å². The molecule has 3 atom stereocenters. The molecule has 6 heteroatoms. The number of piperidine rings is 1. The summed E-state index contributed by atoms with van der Waals surface area (Å²) in [6.07, 6.45) is 2.37. The van der Waals surface area contributed by atoms with Crippen LogP contribution in [0.15, 0.2) is 0 Å². The zero-order valence-electron chi connectivity index (χ0n) is 10.3. The van der Waals surface area contributed by atoms with Gasteiger partial charge in [0.1, 0.15) is 0 Å². The third kappa shape index (κ3) is 3.19. The van der Waals surface area contributed by atoms with Crippen molar-refractivity contribution >= 4 is 9.84 Å². The van der Waals surface area contributed by atoms with Crippen molar-refractivity contribution in [3.8, 4) is 0 Å². The number of hydrogen-bond acceptors (Lipinski definition) is 5. The highest BCUT2D eigenvalue weighted by Gasteiger charge is 2.40. The number of ether oxygens (including phenoxy) is 1. The molecule has 0 aliphatic carbocycles. The Morgan fingerprint density at radius 1 is 1.41 bits per heavy atom. The van der Waals surface area contributed by atoms with Crippen LogP contribution in [0.4, 0.5) is 0 Å². The van der Waals surface area contributed by atoms with Gasteiger partial charge >= 0.3 is 0 Å². The second-order valence-corrected chi connectivity index (χ2v) is 7.18. The Morgan fingerprint density at radius 3 is 2.76 bits per heavy atom. The maximum Gasteiger partial charge on any atom is 0.153 e. The fourth-order valence-corrected chi connectivity index (χ4v) is 4.79. The predicted octanol–water partition coefficient (Wildman–Crippen LogP) is -0.388. The fraction of sp³-hybridized carbons (Fsp3) is 1.00. The minimum atomic E-state index is -2.93. The van der Waals surface area contributed by atoms with E-state index in [4.69, 9.17) is 10.5 Å². The van der Waals surface area contributed by atoms with Gasteiger partial charge in [-0.05, 0) is 26.3 Å². The van der Waals surface area contributed by atoms with Crippen LogP contribution in [-0.4, -0.2) is 62.7 Å². The van der Waals surface area contributed by atoms with E-state index >= 15 is 0 Å². The van der Waals surface area contributed by atoms with E-state index in [0.29, 0.717) is 6.61 Å². The largest absolute Gasteiger partial charge is 0.377 e. The summed E-state index contributed by atoms with van der Waals surface area (Å²) in [6, 6.07) is -0.247. The third-order valence-corrected chi connectivity index (χ3v) is 5.39. The number of nitrogens with zero attached hydrogens (tertiary/aromatic N) is 1. The lowest BCUT2D eigenvalue weighted by atomic mass is 10.0. The van der Waals surface area contributed by atoms with Crippen molar-refractivity contribution in [2.24, 2.45) is 5.73 Å². The van der Waals surface area contributed by atoms with Crippen LogP contribution in [0.25, 0.3) is 0 Å². The Bertz CT molecular complexity index is 356. The highest BCUT2D eigenvalue weighted by molar-refractivity contribution is 7.91. The topological polar surface area (TPSA) is 72.6 Å². The summed E-state index contributed by atoms with van der Waals surface area (Å²) in [5.41, 5.74) is 5.94. The average Bonchev–Trinajstić information content (AvgIpc) is 2.53. The Kier molecular flexibility index (Phi) is 4.07. The van der Waals surface area contributed by atoms with Crippen LogP contribution in [0.3, 0.4) is 0 Å². The molecule has 2 saturated heterocycles. The third-order valence-electron chi connectivity index (χ3n) is 3.65. The molecule has 0 radical (unpaired) electrons. The van der Waals surface area contributed by atoms with Crippen molar-refractivity contribution in [3.63, 3.8) is 0 Å². The molecule has 3 unspecified atom stereocenters. The Hall–Kier alpha value is -0.170. The van der Waals surface area contributed by atoms with Gasteiger partial charge < -0.3 is 10.5 Å². The lowest BCUT2D eigenvalue weighted by molar-refractivity contribution is -0.00588. The van der Waals surface area contributed by atoms with Crippen LogP contribution < -0.4 is 5.73 Å². The first-order valence-electron chi connectivity index (χ1n) is 6.33. The maximum absolute atomic E-state index is 11.6. The van der Waals surface area contributed by atoms with Crippen LogP contribution in [0.2, 0.25) is 0 Å². The van der Waals surface area contributed by atoms with Gasteiger partial charge in [-0.25, -0.2) is 8.42 Å². The summed E-state index contributed by atoms with van der Waals surface area (Å²) in [5.74, 6) is 0.348. The first-order chi connectivity index (χ1) is 8.02. The average molecular weight is 262 g/mol. The second-order valence-electron chi connectivity index (χ2n) is 5.02. The second kappa shape index (κ2) is 5.22. The van der Waals surface area contributed by atoms with Gasteiger partial charge in [-0.2, -0.15) is 0 Å². The SMILES string of the molecule is CCOC1CCCN(C2CS(=O)(=O)CC2N)C1. The molecule has 2 heterocycles. The van der Waals surface area contributed by atoms with E-state index in [1.807, 2.05) is 6.92 Å². The first-order valence-corrected chi connectivity index (χ1v) is 8.15. The van der Waals surface area contributed by atoms with Crippen molar-refractivity contribution in [2.45, 2.75) is 38.0 Å². The molecule has 17 heavy (non-hydrogen) atoms. The first kappa shape index (κ1) is 13.3. The number of sulfone groups is 1. The zero-order chi connectivity index (χ0) is 12.5. The van der Waals surface area contributed by atoms with E-state index in [2.05, 4.69) is 4.90 Å². The van der Waals surface area contributed by atoms with E-state index in [1.165, 1.54) is 0 Å². The van der Waals surface area contributed by atoms with Crippen LogP contribution >= 0.6 is 0 Å². The molecule has 2 N–H and O–H groups in total. The van der Waals surface area contributed by atoms with Gasteiger partial charge in [-0.1, -0.05) is 0 Å². The van der Waals surface area contributed by atoms with Crippen molar-refractivity contribution in [1.29, 1.82) is 0 Å². The molecule has 0 spiro atoms. The van der Waals surface area contributed by atoms with Gasteiger partial charge in [-0.3, -0.25) is 4.90 Å². The molecule has 0 saturated carbocycles. The molecular formula is C11H22N2O3S. The van der Waals surface area contributed by atoms with E-state index in [0.717, 1.165) is 25.9 Å². The highest BCUT2D eigenvalue weighted by Crippen LogP contribution is 2.22. The molecule has 0 aromatic heterocycles. The molecule has 0 amide bonds. The zero-order valence-corrected chi connectivity index (χ0v) is 11.2. The number of hydrogen-bond donors (Lipinski definition) is 1. The van der Waals surface area contributed by atoms with Crippen molar-refractivity contribution < 1.29 is 13.2 Å². The van der Waals surface area contributed by atoms with Crippen molar-refractivity contribution in [1.82, 2.24) is 4.90 Å². The normalized spacial score (nSPS) is 38.4. The maximum atomic E-state index is 11.6. The van der Waals surface area contributed by atoms with Crippen molar-refractivity contribution in [3.05, 3.63) is 0 Å². The molecule has 2 rings (SSSR count). The van der Waals surface area contributed by atoms with Gasteiger partial charge in [0.2, 0.25) is 0 Å². The molecule has 0 aromatic rings. The van der Waals surface area contributed by atoms with Gasteiger partial charge in [0, 0.05) is 25.2 Å². The molecule has 5 nitrogen and oxygen atoms in total. The number of rotatable bonds is 3. The van der Waals surface area contributed by atoms with Gasteiger partial charge in [0.05, 0.1) is 17.6 Å². The summed E-state index contributed by atoms with van der Waals surface area (Å²) in [6.45, 7) is 4.47. The molecule has 0 bridgehead atoms. The molecule has 2 aliphatic heterocycles. The summed E-state index contributed by atoms with van der Waals surface area (Å²) >= 11 is 0. The van der Waals surface area contributed by atoms with E-state index < -0.39 is 9.84 Å². The minimum absolute atomic E-state index is 0.0109. The predicted molar refractivity (Wildman–Crippen MR) is 66.6 cm³/mol. The highest BCUT2D eigenvalue weighted by atomic mass is 32.2. The lowest BCUT2D eigenvalue weighted by Gasteiger charge is -2.37. The molecule has 0 aromatic carbocycles. The molecule has 2 aliphatic rings. The standard InChI is InChI=1S/C11H22N2O3S/c1-2-16-9-4-3-5-13(6-9)11-8-17(14,15)7-10(11)12/h9-11H,2-8,12H2,1H3. The Labute approximate surface area is 103 Å². The smallest absolute Gasteiger partial charge is 0.153 e. The summed E-state index contributed by atoms with van der Waals surface area (Å²) in [5, 5.41) is 0. The lowest BCUT2D eigenvalue weighted by Crippen LogP contribution is -2.52. The quantitative estimate of drug-likeness (QED) is 0.750. The molecule has 100 valence electrons. The van der Waals surface area contributed by atoms with Crippen molar-refractivity contribution in [2.75, 3.05) is 31.2 Å². The van der Waals surface area contributed by atoms with E-state index in [-0.39, 0.29) is 29.7 Å². The summed E-state index contributed by atoms with van der Waals surface area (Å²) < 4.78 is 28.8. The summed E-state index contributed by atoms with van der Waals surface area (Å²) in [4.78, 5) is 2.21. The fourth-order valence-electron chi connectivity index (χ4n) is 2.87. The van der Waals surface area contributed by atoms with Crippen LogP contribution in [0, 0.1) is 0 Å². The Morgan fingerprint density at radius 2 is 2.18 bits per heavy atom. The van der Waals surface area contributed by atoms with Crippen LogP contribution in [0.1, 0.15) is 19.8 Å². The van der Waals surface area contributed by atoms with Crippen LogP contribution in [-0.2, 0) is 14.6 Å². The Balaban J connectivity index is 1.98. The van der Waals surface area contributed by atoms with Gasteiger partial charge in [-0.15, -0.1) is 0 Å².